The summed E-state index contributed by atoms with van der Waals surface area (Å²) < 4.78 is 0. The van der Waals surface area contributed by atoms with Gasteiger partial charge in [0.15, 0.2) is 0 Å². The van der Waals surface area contributed by atoms with E-state index in [9.17, 15) is 0 Å². The molecule has 1 rings (SSSR count). The zero-order chi connectivity index (χ0) is 12.9. The number of hydrogen-bond acceptors (Lipinski definition) is 1. The Labute approximate surface area is 107 Å². The van der Waals surface area contributed by atoms with E-state index in [2.05, 4.69) is 70.1 Å². The van der Waals surface area contributed by atoms with Crippen LogP contribution in [0.5, 0.6) is 0 Å². The highest BCUT2D eigenvalue weighted by atomic mass is 15.1. The van der Waals surface area contributed by atoms with Crippen molar-refractivity contribution in [1.29, 1.82) is 0 Å². The number of hydrogen-bond donors (Lipinski definition) is 0. The van der Waals surface area contributed by atoms with Gasteiger partial charge in [-0.2, -0.15) is 0 Å². The van der Waals surface area contributed by atoms with Crippen molar-refractivity contribution < 1.29 is 0 Å². The van der Waals surface area contributed by atoms with E-state index in [1.54, 1.807) is 0 Å². The van der Waals surface area contributed by atoms with Crippen LogP contribution in [0.15, 0.2) is 30.3 Å². The van der Waals surface area contributed by atoms with E-state index in [4.69, 9.17) is 0 Å². The Morgan fingerprint density at radius 1 is 1.12 bits per heavy atom. The number of benzene rings is 1. The summed E-state index contributed by atoms with van der Waals surface area (Å²) in [5.41, 5.74) is 1.63. The molecule has 0 aromatic heterocycles. The molecule has 0 fully saturated rings. The fourth-order valence-corrected chi connectivity index (χ4v) is 2.94. The average Bonchev–Trinajstić information content (AvgIpc) is 2.30. The SMILES string of the molecule is CCCC[C@](c1ccccc1)(C(C)C)N(C)C. The van der Waals surface area contributed by atoms with E-state index in [1.807, 2.05) is 0 Å². The Morgan fingerprint density at radius 3 is 2.12 bits per heavy atom. The number of rotatable bonds is 6. The molecule has 1 nitrogen and oxygen atoms in total. The molecule has 0 amide bonds. The summed E-state index contributed by atoms with van der Waals surface area (Å²) in [6.07, 6.45) is 3.78. The average molecular weight is 233 g/mol. The third-order valence-corrected chi connectivity index (χ3v) is 3.94. The predicted octanol–water partition coefficient (Wildman–Crippen LogP) is 4.29. The van der Waals surface area contributed by atoms with Gasteiger partial charge in [0.05, 0.1) is 0 Å². The molecule has 0 aliphatic rings. The van der Waals surface area contributed by atoms with Crippen LogP contribution in [-0.4, -0.2) is 19.0 Å². The summed E-state index contributed by atoms with van der Waals surface area (Å²) in [7, 11) is 4.42. The second-order valence-corrected chi connectivity index (χ2v) is 5.44. The van der Waals surface area contributed by atoms with Crippen molar-refractivity contribution in [3.8, 4) is 0 Å². The van der Waals surface area contributed by atoms with Crippen LogP contribution < -0.4 is 0 Å². The maximum Gasteiger partial charge on any atom is 0.0477 e. The van der Waals surface area contributed by atoms with Gasteiger partial charge in [-0.25, -0.2) is 0 Å². The maximum absolute atomic E-state index is 2.41. The lowest BCUT2D eigenvalue weighted by Crippen LogP contribution is -2.45. The van der Waals surface area contributed by atoms with Crippen molar-refractivity contribution >= 4 is 0 Å². The van der Waals surface area contributed by atoms with Gasteiger partial charge in [0.2, 0.25) is 0 Å². The molecule has 17 heavy (non-hydrogen) atoms. The highest BCUT2D eigenvalue weighted by Gasteiger charge is 2.36. The van der Waals surface area contributed by atoms with E-state index >= 15 is 0 Å². The van der Waals surface area contributed by atoms with Crippen molar-refractivity contribution in [3.05, 3.63) is 35.9 Å². The summed E-state index contributed by atoms with van der Waals surface area (Å²) in [5, 5.41) is 0. The third-order valence-electron chi connectivity index (χ3n) is 3.94. The normalized spacial score (nSPS) is 15.2. The molecule has 0 aliphatic heterocycles. The predicted molar refractivity (Wildman–Crippen MR) is 76.2 cm³/mol. The molecule has 1 aromatic carbocycles. The minimum Gasteiger partial charge on any atom is -0.299 e. The van der Waals surface area contributed by atoms with Crippen LogP contribution in [0.2, 0.25) is 0 Å². The van der Waals surface area contributed by atoms with Gasteiger partial charge in [0.25, 0.3) is 0 Å². The highest BCUT2D eigenvalue weighted by molar-refractivity contribution is 5.25. The van der Waals surface area contributed by atoms with Gasteiger partial charge in [-0.05, 0) is 32.0 Å². The van der Waals surface area contributed by atoms with Crippen molar-refractivity contribution in [2.75, 3.05) is 14.1 Å². The molecular formula is C16H27N. The van der Waals surface area contributed by atoms with Crippen molar-refractivity contribution in [2.45, 2.75) is 45.6 Å². The molecule has 0 spiro atoms. The third kappa shape index (κ3) is 2.90. The fraction of sp³-hybridized carbons (Fsp3) is 0.625. The van der Waals surface area contributed by atoms with Gasteiger partial charge >= 0.3 is 0 Å². The van der Waals surface area contributed by atoms with E-state index < -0.39 is 0 Å². The minimum atomic E-state index is 0.178. The Morgan fingerprint density at radius 2 is 1.71 bits per heavy atom. The topological polar surface area (TPSA) is 3.24 Å². The monoisotopic (exact) mass is 233 g/mol. The summed E-state index contributed by atoms with van der Waals surface area (Å²) >= 11 is 0. The molecule has 0 heterocycles. The molecule has 96 valence electrons. The first kappa shape index (κ1) is 14.2. The van der Waals surface area contributed by atoms with Crippen molar-refractivity contribution in [2.24, 2.45) is 5.92 Å². The van der Waals surface area contributed by atoms with E-state index in [0.717, 1.165) is 0 Å². The van der Waals surface area contributed by atoms with Crippen LogP contribution in [0, 0.1) is 5.92 Å². The fourth-order valence-electron chi connectivity index (χ4n) is 2.94. The van der Waals surface area contributed by atoms with E-state index in [1.165, 1.54) is 24.8 Å². The second kappa shape index (κ2) is 6.20. The largest absolute Gasteiger partial charge is 0.299 e. The van der Waals surface area contributed by atoms with Crippen molar-refractivity contribution in [3.63, 3.8) is 0 Å². The van der Waals surface area contributed by atoms with E-state index in [-0.39, 0.29) is 5.54 Å². The summed E-state index contributed by atoms with van der Waals surface area (Å²) in [6, 6.07) is 11.0. The minimum absolute atomic E-state index is 0.178. The lowest BCUT2D eigenvalue weighted by molar-refractivity contribution is 0.0790. The summed E-state index contributed by atoms with van der Waals surface area (Å²) in [5.74, 6) is 0.617. The molecular weight excluding hydrogens is 206 g/mol. The van der Waals surface area contributed by atoms with Crippen LogP contribution in [0.1, 0.15) is 45.6 Å². The molecule has 0 aliphatic carbocycles. The number of unbranched alkanes of at least 4 members (excludes halogenated alkanes) is 1. The smallest absolute Gasteiger partial charge is 0.0477 e. The first-order valence-corrected chi connectivity index (χ1v) is 6.78. The van der Waals surface area contributed by atoms with E-state index in [0.29, 0.717) is 5.92 Å². The lowest BCUT2D eigenvalue weighted by atomic mass is 9.75. The Balaban J connectivity index is 3.15. The second-order valence-electron chi connectivity index (χ2n) is 5.44. The first-order valence-electron chi connectivity index (χ1n) is 6.78. The molecule has 0 unspecified atom stereocenters. The molecule has 1 heteroatoms. The lowest BCUT2D eigenvalue weighted by Gasteiger charge is -2.44. The van der Waals surface area contributed by atoms with Crippen molar-refractivity contribution in [1.82, 2.24) is 4.90 Å². The summed E-state index contributed by atoms with van der Waals surface area (Å²) in [4.78, 5) is 2.41. The summed E-state index contributed by atoms with van der Waals surface area (Å²) in [6.45, 7) is 6.94. The van der Waals surface area contributed by atoms with Crippen LogP contribution in [0.25, 0.3) is 0 Å². The van der Waals surface area contributed by atoms with Gasteiger partial charge in [0, 0.05) is 5.54 Å². The molecule has 0 saturated carbocycles. The molecule has 0 saturated heterocycles. The zero-order valence-electron chi connectivity index (χ0n) is 12.0. The van der Waals surface area contributed by atoms with Crippen LogP contribution in [0.4, 0.5) is 0 Å². The van der Waals surface area contributed by atoms with Crippen LogP contribution in [-0.2, 0) is 5.54 Å². The Bertz CT molecular complexity index is 306. The standard InChI is InChI=1S/C16H27N/c1-6-7-13-16(14(2)3,17(4)5)15-11-9-8-10-12-15/h8-12,14H,6-7,13H2,1-5H3/t16-/m1/s1. The molecule has 1 atom stereocenters. The van der Waals surface area contributed by atoms with Gasteiger partial charge in [0.1, 0.15) is 0 Å². The maximum atomic E-state index is 2.41. The van der Waals surface area contributed by atoms with Gasteiger partial charge in [-0.1, -0.05) is 63.9 Å². The van der Waals surface area contributed by atoms with Crippen LogP contribution >= 0.6 is 0 Å². The zero-order valence-corrected chi connectivity index (χ0v) is 12.0. The van der Waals surface area contributed by atoms with Crippen LogP contribution in [0.3, 0.4) is 0 Å². The molecule has 0 radical (unpaired) electrons. The van der Waals surface area contributed by atoms with Gasteiger partial charge < -0.3 is 0 Å². The first-order chi connectivity index (χ1) is 8.05. The number of nitrogens with zero attached hydrogens (tertiary/aromatic N) is 1. The molecule has 0 bridgehead atoms. The quantitative estimate of drug-likeness (QED) is 0.708. The molecule has 0 N–H and O–H groups in total. The highest BCUT2D eigenvalue weighted by Crippen LogP contribution is 2.39. The Hall–Kier alpha value is -0.820. The van der Waals surface area contributed by atoms with Gasteiger partial charge in [-0.3, -0.25) is 4.90 Å². The molecule has 1 aromatic rings. The Kier molecular flexibility index (Phi) is 5.20. The van der Waals surface area contributed by atoms with Gasteiger partial charge in [-0.15, -0.1) is 0 Å².